The van der Waals surface area contributed by atoms with Crippen molar-refractivity contribution in [2.24, 2.45) is 0 Å². The average molecular weight is 293 g/mol. The van der Waals surface area contributed by atoms with Gasteiger partial charge in [-0.2, -0.15) is 4.98 Å². The summed E-state index contributed by atoms with van der Waals surface area (Å²) < 4.78 is 0. The minimum absolute atomic E-state index is 0.0174. The molecule has 0 spiro atoms. The highest BCUT2D eigenvalue weighted by atomic mass is 35.5. The molecule has 6 nitrogen and oxygen atoms in total. The van der Waals surface area contributed by atoms with Gasteiger partial charge in [-0.05, 0) is 37.6 Å². The summed E-state index contributed by atoms with van der Waals surface area (Å²) in [5, 5.41) is 11.1. The van der Waals surface area contributed by atoms with E-state index in [2.05, 4.69) is 9.97 Å². The summed E-state index contributed by atoms with van der Waals surface area (Å²) in [7, 11) is 0. The van der Waals surface area contributed by atoms with E-state index >= 15 is 0 Å². The summed E-state index contributed by atoms with van der Waals surface area (Å²) in [4.78, 5) is 20.0. The Kier molecular flexibility index (Phi) is 4.14. The van der Waals surface area contributed by atoms with Gasteiger partial charge in [0, 0.05) is 12.2 Å². The lowest BCUT2D eigenvalue weighted by atomic mass is 10.2. The summed E-state index contributed by atoms with van der Waals surface area (Å²) in [5.41, 5.74) is 1.76. The normalized spacial score (nSPS) is 10.3. The van der Waals surface area contributed by atoms with Gasteiger partial charge in [-0.1, -0.05) is 17.7 Å². The Bertz CT molecular complexity index is 631. The molecule has 0 aliphatic heterocycles. The number of hydrogen-bond acceptors (Lipinski definition) is 5. The molecule has 7 heteroatoms. The van der Waals surface area contributed by atoms with Crippen LogP contribution >= 0.6 is 11.6 Å². The Morgan fingerprint density at radius 1 is 1.35 bits per heavy atom. The van der Waals surface area contributed by atoms with E-state index in [-0.39, 0.29) is 16.8 Å². The number of rotatable bonds is 4. The van der Waals surface area contributed by atoms with E-state index in [0.717, 1.165) is 17.4 Å². The van der Waals surface area contributed by atoms with E-state index < -0.39 is 4.92 Å². The number of benzene rings is 1. The van der Waals surface area contributed by atoms with Crippen LogP contribution in [-0.4, -0.2) is 21.4 Å². The minimum atomic E-state index is -0.511. The Morgan fingerprint density at radius 3 is 2.55 bits per heavy atom. The highest BCUT2D eigenvalue weighted by Gasteiger charge is 2.22. The molecule has 2 aromatic rings. The quantitative estimate of drug-likeness (QED) is 0.490. The molecule has 104 valence electrons. The van der Waals surface area contributed by atoms with Gasteiger partial charge in [0.15, 0.2) is 0 Å². The summed E-state index contributed by atoms with van der Waals surface area (Å²) >= 11 is 5.76. The lowest BCUT2D eigenvalue weighted by Gasteiger charge is -2.21. The van der Waals surface area contributed by atoms with Gasteiger partial charge in [0.05, 0.1) is 4.92 Å². The third-order valence-electron chi connectivity index (χ3n) is 2.83. The van der Waals surface area contributed by atoms with E-state index in [9.17, 15) is 10.1 Å². The molecule has 0 saturated heterocycles. The molecule has 0 aliphatic carbocycles. The van der Waals surface area contributed by atoms with Crippen molar-refractivity contribution in [3.63, 3.8) is 0 Å². The van der Waals surface area contributed by atoms with Crippen LogP contribution in [0.1, 0.15) is 12.5 Å². The van der Waals surface area contributed by atoms with Gasteiger partial charge in [0.1, 0.15) is 6.20 Å². The number of anilines is 2. The first kappa shape index (κ1) is 14.2. The highest BCUT2D eigenvalue weighted by Crippen LogP contribution is 2.31. The van der Waals surface area contributed by atoms with Gasteiger partial charge in [-0.15, -0.1) is 0 Å². The number of aromatic nitrogens is 2. The first-order valence-corrected chi connectivity index (χ1v) is 6.42. The SMILES string of the molecule is CCN(c1ccc(C)cc1)c1nc(Cl)ncc1[N+](=O)[O-]. The lowest BCUT2D eigenvalue weighted by Crippen LogP contribution is -2.19. The Hall–Kier alpha value is -2.21. The summed E-state index contributed by atoms with van der Waals surface area (Å²) in [6.07, 6.45) is 1.13. The molecule has 0 radical (unpaired) electrons. The second-order valence-electron chi connectivity index (χ2n) is 4.18. The van der Waals surface area contributed by atoms with Gasteiger partial charge >= 0.3 is 5.69 Å². The topological polar surface area (TPSA) is 72.2 Å². The predicted molar refractivity (Wildman–Crippen MR) is 77.6 cm³/mol. The second-order valence-corrected chi connectivity index (χ2v) is 4.52. The van der Waals surface area contributed by atoms with Crippen molar-refractivity contribution >= 4 is 28.8 Å². The second kappa shape index (κ2) is 5.83. The molecule has 0 saturated carbocycles. The molecule has 1 aromatic carbocycles. The van der Waals surface area contributed by atoms with E-state index in [0.29, 0.717) is 6.54 Å². The van der Waals surface area contributed by atoms with E-state index in [1.165, 1.54) is 0 Å². The van der Waals surface area contributed by atoms with Crippen LogP contribution in [0.15, 0.2) is 30.5 Å². The van der Waals surface area contributed by atoms with E-state index in [1.807, 2.05) is 38.1 Å². The number of nitro groups is 1. The van der Waals surface area contributed by atoms with Crippen LogP contribution in [0.2, 0.25) is 5.28 Å². The summed E-state index contributed by atoms with van der Waals surface area (Å²) in [6.45, 7) is 4.39. The van der Waals surface area contributed by atoms with Gasteiger partial charge in [-0.25, -0.2) is 4.98 Å². The molecule has 0 fully saturated rings. The molecule has 20 heavy (non-hydrogen) atoms. The zero-order valence-electron chi connectivity index (χ0n) is 11.1. The maximum Gasteiger partial charge on any atom is 0.330 e. The van der Waals surface area contributed by atoms with Crippen molar-refractivity contribution < 1.29 is 4.92 Å². The molecule has 0 bridgehead atoms. The van der Waals surface area contributed by atoms with Crippen LogP contribution in [0.5, 0.6) is 0 Å². The Balaban J connectivity index is 2.53. The van der Waals surface area contributed by atoms with Crippen LogP contribution in [0.25, 0.3) is 0 Å². The largest absolute Gasteiger partial charge is 0.330 e. The smallest absolute Gasteiger partial charge is 0.321 e. The molecular weight excluding hydrogens is 280 g/mol. The summed E-state index contributed by atoms with van der Waals surface area (Å²) in [6, 6.07) is 7.65. The maximum atomic E-state index is 11.1. The van der Waals surface area contributed by atoms with Crippen molar-refractivity contribution in [1.82, 2.24) is 9.97 Å². The maximum absolute atomic E-state index is 11.1. The fraction of sp³-hybridized carbons (Fsp3) is 0.231. The zero-order chi connectivity index (χ0) is 14.7. The van der Waals surface area contributed by atoms with Gasteiger partial charge in [0.2, 0.25) is 11.1 Å². The fourth-order valence-corrected chi connectivity index (χ4v) is 1.98. The van der Waals surface area contributed by atoms with Crippen LogP contribution in [-0.2, 0) is 0 Å². The number of halogens is 1. The van der Waals surface area contributed by atoms with Crippen molar-refractivity contribution in [2.75, 3.05) is 11.4 Å². The lowest BCUT2D eigenvalue weighted by molar-refractivity contribution is -0.384. The van der Waals surface area contributed by atoms with E-state index in [4.69, 9.17) is 11.6 Å². The predicted octanol–water partition coefficient (Wildman–Crippen LogP) is 3.50. The average Bonchev–Trinajstić information content (AvgIpc) is 2.41. The number of nitrogens with zero attached hydrogens (tertiary/aromatic N) is 4. The fourth-order valence-electron chi connectivity index (χ4n) is 1.85. The Morgan fingerprint density at radius 2 is 2.00 bits per heavy atom. The van der Waals surface area contributed by atoms with Gasteiger partial charge in [-0.3, -0.25) is 10.1 Å². The van der Waals surface area contributed by atoms with Crippen LogP contribution in [0.3, 0.4) is 0 Å². The van der Waals surface area contributed by atoms with Crippen molar-refractivity contribution in [3.05, 3.63) is 51.4 Å². The van der Waals surface area contributed by atoms with E-state index in [1.54, 1.807) is 4.90 Å². The third-order valence-corrected chi connectivity index (χ3v) is 3.02. The van der Waals surface area contributed by atoms with Crippen molar-refractivity contribution in [1.29, 1.82) is 0 Å². The van der Waals surface area contributed by atoms with Gasteiger partial charge < -0.3 is 4.90 Å². The minimum Gasteiger partial charge on any atom is -0.321 e. The third kappa shape index (κ3) is 2.85. The first-order valence-electron chi connectivity index (χ1n) is 6.04. The number of aryl methyl sites for hydroxylation is 1. The molecule has 0 amide bonds. The van der Waals surface area contributed by atoms with Crippen LogP contribution in [0.4, 0.5) is 17.2 Å². The molecular formula is C13H13ClN4O2. The Labute approximate surface area is 121 Å². The summed E-state index contributed by atoms with van der Waals surface area (Å²) in [5.74, 6) is 0.196. The van der Waals surface area contributed by atoms with Crippen molar-refractivity contribution in [2.45, 2.75) is 13.8 Å². The molecule has 0 unspecified atom stereocenters. The molecule has 1 heterocycles. The molecule has 0 aliphatic rings. The van der Waals surface area contributed by atoms with Gasteiger partial charge in [0.25, 0.3) is 0 Å². The first-order chi connectivity index (χ1) is 9.52. The van der Waals surface area contributed by atoms with Crippen molar-refractivity contribution in [3.8, 4) is 0 Å². The monoisotopic (exact) mass is 292 g/mol. The van der Waals surface area contributed by atoms with Crippen LogP contribution in [0, 0.1) is 17.0 Å². The molecule has 2 rings (SSSR count). The molecule has 0 atom stereocenters. The number of hydrogen-bond donors (Lipinski definition) is 0. The highest BCUT2D eigenvalue weighted by molar-refractivity contribution is 6.28. The molecule has 1 aromatic heterocycles. The van der Waals surface area contributed by atoms with Crippen LogP contribution < -0.4 is 4.90 Å². The zero-order valence-corrected chi connectivity index (χ0v) is 11.8. The molecule has 0 N–H and O–H groups in total. The standard InChI is InChI=1S/C13H13ClN4O2/c1-3-17(10-6-4-9(2)5-7-10)12-11(18(19)20)8-15-13(14)16-12/h4-8H,3H2,1-2H3.